The first-order valence-corrected chi connectivity index (χ1v) is 10.2. The van der Waals surface area contributed by atoms with Crippen molar-refractivity contribution in [3.8, 4) is 0 Å². The molecule has 124 valence electrons. The Hall–Kier alpha value is -0.950. The standard InChI is InChI=1S/C16H17ClFNO2S2/c17-14-9-13(3-4-15(14)18)23(20,21)19-11-16(6-1-2-7-16)12-5-8-22-10-12/h3-5,8-10,19H,1-2,6-7,11H2. The molecular weight excluding hydrogens is 357 g/mol. The third-order valence-corrected chi connectivity index (χ3v) is 6.87. The molecule has 1 aromatic carbocycles. The van der Waals surface area contributed by atoms with Crippen LogP contribution in [0, 0.1) is 5.82 Å². The van der Waals surface area contributed by atoms with Crippen LogP contribution in [0.5, 0.6) is 0 Å². The number of benzene rings is 1. The quantitative estimate of drug-likeness (QED) is 0.847. The predicted molar refractivity (Wildman–Crippen MR) is 91.1 cm³/mol. The van der Waals surface area contributed by atoms with Gasteiger partial charge in [0.1, 0.15) is 5.82 Å². The van der Waals surface area contributed by atoms with E-state index in [9.17, 15) is 12.8 Å². The zero-order valence-corrected chi connectivity index (χ0v) is 14.8. The van der Waals surface area contributed by atoms with Crippen LogP contribution >= 0.6 is 22.9 Å². The summed E-state index contributed by atoms with van der Waals surface area (Å²) in [5.74, 6) is -0.629. The summed E-state index contributed by atoms with van der Waals surface area (Å²) >= 11 is 7.31. The normalized spacial score (nSPS) is 17.5. The highest BCUT2D eigenvalue weighted by Crippen LogP contribution is 2.41. The molecule has 0 bridgehead atoms. The molecule has 3 nitrogen and oxygen atoms in total. The number of hydrogen-bond acceptors (Lipinski definition) is 3. The van der Waals surface area contributed by atoms with Crippen molar-refractivity contribution in [3.63, 3.8) is 0 Å². The lowest BCUT2D eigenvalue weighted by Gasteiger charge is -2.28. The third-order valence-electron chi connectivity index (χ3n) is 4.50. The maximum Gasteiger partial charge on any atom is 0.240 e. The van der Waals surface area contributed by atoms with Gasteiger partial charge in [-0.2, -0.15) is 11.3 Å². The zero-order valence-electron chi connectivity index (χ0n) is 12.4. The second-order valence-electron chi connectivity index (χ2n) is 5.90. The summed E-state index contributed by atoms with van der Waals surface area (Å²) in [6, 6.07) is 5.51. The molecule has 1 N–H and O–H groups in total. The first-order valence-electron chi connectivity index (χ1n) is 7.40. The molecule has 1 fully saturated rings. The Morgan fingerprint density at radius 3 is 2.61 bits per heavy atom. The van der Waals surface area contributed by atoms with Crippen molar-refractivity contribution in [1.82, 2.24) is 4.72 Å². The summed E-state index contributed by atoms with van der Waals surface area (Å²) in [7, 11) is -3.71. The molecule has 7 heteroatoms. The van der Waals surface area contributed by atoms with E-state index in [0.717, 1.165) is 37.8 Å². The van der Waals surface area contributed by atoms with E-state index in [1.54, 1.807) is 11.3 Å². The van der Waals surface area contributed by atoms with Crippen LogP contribution in [-0.4, -0.2) is 15.0 Å². The largest absolute Gasteiger partial charge is 0.240 e. The molecule has 0 aliphatic heterocycles. The van der Waals surface area contributed by atoms with Gasteiger partial charge in [0.15, 0.2) is 0 Å². The lowest BCUT2D eigenvalue weighted by Crippen LogP contribution is -2.38. The molecule has 0 spiro atoms. The van der Waals surface area contributed by atoms with Gasteiger partial charge in [0.2, 0.25) is 10.0 Å². The molecule has 1 aliphatic carbocycles. The average molecular weight is 374 g/mol. The van der Waals surface area contributed by atoms with Crippen molar-refractivity contribution in [1.29, 1.82) is 0 Å². The van der Waals surface area contributed by atoms with Crippen LogP contribution in [0.2, 0.25) is 5.02 Å². The maximum atomic E-state index is 13.2. The van der Waals surface area contributed by atoms with Crippen molar-refractivity contribution in [2.24, 2.45) is 0 Å². The predicted octanol–water partition coefficient (Wildman–Crippen LogP) is 4.33. The molecule has 2 aromatic rings. The van der Waals surface area contributed by atoms with Gasteiger partial charge in [-0.05, 0) is 53.4 Å². The molecule has 3 rings (SSSR count). The summed E-state index contributed by atoms with van der Waals surface area (Å²) in [5, 5.41) is 3.92. The van der Waals surface area contributed by atoms with Gasteiger partial charge in [0.05, 0.1) is 9.92 Å². The Morgan fingerprint density at radius 2 is 2.00 bits per heavy atom. The SMILES string of the molecule is O=S(=O)(NCC1(c2ccsc2)CCCC1)c1ccc(F)c(Cl)c1. The maximum absolute atomic E-state index is 13.2. The van der Waals surface area contributed by atoms with E-state index < -0.39 is 15.8 Å². The van der Waals surface area contributed by atoms with Gasteiger partial charge >= 0.3 is 0 Å². The highest BCUT2D eigenvalue weighted by atomic mass is 35.5. The minimum absolute atomic E-state index is 0.0117. The Bertz CT molecular complexity index is 784. The summed E-state index contributed by atoms with van der Waals surface area (Å²) in [4.78, 5) is -0.0117. The highest BCUT2D eigenvalue weighted by Gasteiger charge is 2.37. The fourth-order valence-corrected chi connectivity index (χ4v) is 5.32. The van der Waals surface area contributed by atoms with Gasteiger partial charge in [-0.1, -0.05) is 24.4 Å². The van der Waals surface area contributed by atoms with Crippen LogP contribution in [0.1, 0.15) is 31.2 Å². The van der Waals surface area contributed by atoms with Crippen molar-refractivity contribution in [2.45, 2.75) is 36.0 Å². The van der Waals surface area contributed by atoms with Gasteiger partial charge in [-0.15, -0.1) is 0 Å². The first kappa shape index (κ1) is 16.9. The van der Waals surface area contributed by atoms with Gasteiger partial charge in [0.25, 0.3) is 0 Å². The minimum Gasteiger partial charge on any atom is -0.210 e. The van der Waals surface area contributed by atoms with E-state index in [2.05, 4.69) is 16.2 Å². The number of halogens is 2. The number of hydrogen-bond donors (Lipinski definition) is 1. The Balaban J connectivity index is 1.81. The highest BCUT2D eigenvalue weighted by molar-refractivity contribution is 7.89. The molecular formula is C16H17ClFNO2S2. The van der Waals surface area contributed by atoms with Gasteiger partial charge in [-0.3, -0.25) is 0 Å². The van der Waals surface area contributed by atoms with Crippen molar-refractivity contribution >= 4 is 33.0 Å². The zero-order chi connectivity index (χ0) is 16.5. The third kappa shape index (κ3) is 3.45. The fraction of sp³-hybridized carbons (Fsp3) is 0.375. The van der Waals surface area contributed by atoms with Gasteiger partial charge in [0, 0.05) is 12.0 Å². The summed E-state index contributed by atoms with van der Waals surface area (Å²) in [5.41, 5.74) is 1.05. The number of nitrogens with one attached hydrogen (secondary N) is 1. The minimum atomic E-state index is -3.71. The summed E-state index contributed by atoms with van der Waals surface area (Å²) in [6.07, 6.45) is 4.13. The smallest absolute Gasteiger partial charge is 0.210 e. The summed E-state index contributed by atoms with van der Waals surface area (Å²) < 4.78 is 40.9. The monoisotopic (exact) mass is 373 g/mol. The van der Waals surface area contributed by atoms with E-state index in [1.165, 1.54) is 11.6 Å². The summed E-state index contributed by atoms with van der Waals surface area (Å²) in [6.45, 7) is 0.348. The lowest BCUT2D eigenvalue weighted by molar-refractivity contribution is 0.433. The molecule has 0 unspecified atom stereocenters. The van der Waals surface area contributed by atoms with Crippen LogP contribution in [-0.2, 0) is 15.4 Å². The van der Waals surface area contributed by atoms with Gasteiger partial charge in [-0.25, -0.2) is 17.5 Å². The molecule has 0 radical (unpaired) electrons. The van der Waals surface area contributed by atoms with Crippen LogP contribution in [0.15, 0.2) is 39.9 Å². The molecule has 1 aliphatic rings. The lowest BCUT2D eigenvalue weighted by atomic mass is 9.81. The van der Waals surface area contributed by atoms with Crippen molar-refractivity contribution in [3.05, 3.63) is 51.4 Å². The molecule has 0 atom stereocenters. The number of thiophene rings is 1. The Kier molecular flexibility index (Phi) is 4.78. The molecule has 1 saturated carbocycles. The average Bonchev–Trinajstić information content (AvgIpc) is 3.19. The molecule has 1 heterocycles. The molecule has 23 heavy (non-hydrogen) atoms. The van der Waals surface area contributed by atoms with Crippen molar-refractivity contribution < 1.29 is 12.8 Å². The molecule has 0 amide bonds. The number of sulfonamides is 1. The molecule has 0 saturated heterocycles. The second kappa shape index (κ2) is 6.51. The second-order valence-corrected chi connectivity index (χ2v) is 8.85. The Morgan fingerprint density at radius 1 is 1.26 bits per heavy atom. The van der Waals surface area contributed by atoms with E-state index in [1.807, 2.05) is 5.38 Å². The van der Waals surface area contributed by atoms with Crippen LogP contribution in [0.4, 0.5) is 4.39 Å². The Labute approximate surface area is 144 Å². The van der Waals surface area contributed by atoms with E-state index in [-0.39, 0.29) is 15.3 Å². The van der Waals surface area contributed by atoms with E-state index in [0.29, 0.717) is 6.54 Å². The van der Waals surface area contributed by atoms with Gasteiger partial charge < -0.3 is 0 Å². The molecule has 1 aromatic heterocycles. The fourth-order valence-electron chi connectivity index (χ4n) is 3.15. The van der Waals surface area contributed by atoms with E-state index >= 15 is 0 Å². The first-order chi connectivity index (χ1) is 10.9. The van der Waals surface area contributed by atoms with Crippen LogP contribution in [0.25, 0.3) is 0 Å². The van der Waals surface area contributed by atoms with Crippen LogP contribution < -0.4 is 4.72 Å². The number of rotatable bonds is 5. The van der Waals surface area contributed by atoms with Crippen molar-refractivity contribution in [2.75, 3.05) is 6.54 Å². The topological polar surface area (TPSA) is 46.2 Å². The van der Waals surface area contributed by atoms with Crippen LogP contribution in [0.3, 0.4) is 0 Å². The van der Waals surface area contributed by atoms with E-state index in [4.69, 9.17) is 11.6 Å².